The van der Waals surface area contributed by atoms with Crippen LogP contribution in [0, 0.1) is 6.92 Å². The summed E-state index contributed by atoms with van der Waals surface area (Å²) in [4.78, 5) is 17.5. The molecule has 1 amide bonds. The number of aryl methyl sites for hydroxylation is 1. The van der Waals surface area contributed by atoms with Crippen LogP contribution in [-0.4, -0.2) is 79.7 Å². The SMILES string of the molecule is Cc1cccc(N2CCN(C(=O)CN(CCO)CC(F)F)CC2)c1. The highest BCUT2D eigenvalue weighted by atomic mass is 19.3. The maximum absolute atomic E-state index is 12.5. The van der Waals surface area contributed by atoms with Gasteiger partial charge in [0.2, 0.25) is 5.91 Å². The number of carbonyl (C=O) groups is 1. The molecule has 0 bridgehead atoms. The molecule has 5 nitrogen and oxygen atoms in total. The summed E-state index contributed by atoms with van der Waals surface area (Å²) in [6.07, 6.45) is -2.51. The first-order valence-electron chi connectivity index (χ1n) is 8.20. The fourth-order valence-corrected chi connectivity index (χ4v) is 2.90. The van der Waals surface area contributed by atoms with Crippen LogP contribution >= 0.6 is 0 Å². The Morgan fingerprint density at radius 1 is 1.29 bits per heavy atom. The molecular weight excluding hydrogens is 316 g/mol. The molecule has 24 heavy (non-hydrogen) atoms. The number of aliphatic hydroxyl groups excluding tert-OH is 1. The van der Waals surface area contributed by atoms with Gasteiger partial charge < -0.3 is 14.9 Å². The van der Waals surface area contributed by atoms with E-state index in [0.29, 0.717) is 13.1 Å². The predicted octanol–water partition coefficient (Wildman–Crippen LogP) is 1.20. The van der Waals surface area contributed by atoms with Crippen LogP contribution in [-0.2, 0) is 4.79 Å². The van der Waals surface area contributed by atoms with Crippen LogP contribution < -0.4 is 4.90 Å². The van der Waals surface area contributed by atoms with Gasteiger partial charge in [-0.1, -0.05) is 12.1 Å². The molecular formula is C17H25F2N3O2. The zero-order valence-corrected chi connectivity index (χ0v) is 14.0. The van der Waals surface area contributed by atoms with Crippen molar-refractivity contribution in [1.82, 2.24) is 9.80 Å². The van der Waals surface area contributed by atoms with Crippen LogP contribution in [0.4, 0.5) is 14.5 Å². The molecule has 1 heterocycles. The minimum atomic E-state index is -2.51. The van der Waals surface area contributed by atoms with Crippen molar-refractivity contribution in [2.24, 2.45) is 0 Å². The van der Waals surface area contributed by atoms with E-state index >= 15 is 0 Å². The van der Waals surface area contributed by atoms with Gasteiger partial charge in [-0.2, -0.15) is 0 Å². The van der Waals surface area contributed by atoms with Gasteiger partial charge in [0.25, 0.3) is 6.43 Å². The Labute approximate surface area is 141 Å². The van der Waals surface area contributed by atoms with Crippen LogP contribution in [0.2, 0.25) is 0 Å². The third-order valence-electron chi connectivity index (χ3n) is 4.17. The van der Waals surface area contributed by atoms with Gasteiger partial charge in [-0.15, -0.1) is 0 Å². The zero-order chi connectivity index (χ0) is 17.5. The molecule has 0 spiro atoms. The van der Waals surface area contributed by atoms with Crippen molar-refractivity contribution in [3.05, 3.63) is 29.8 Å². The number of anilines is 1. The lowest BCUT2D eigenvalue weighted by Gasteiger charge is -2.37. The summed E-state index contributed by atoms with van der Waals surface area (Å²) in [5.74, 6) is -0.159. The van der Waals surface area contributed by atoms with E-state index in [-0.39, 0.29) is 25.6 Å². The standard InChI is InChI=1S/C17H25F2N3O2/c1-14-3-2-4-15(11-14)21-5-7-22(8-6-21)17(24)13-20(9-10-23)12-16(18)19/h2-4,11,16,23H,5-10,12-13H2,1H3. The summed E-state index contributed by atoms with van der Waals surface area (Å²) >= 11 is 0. The summed E-state index contributed by atoms with van der Waals surface area (Å²) in [5, 5.41) is 8.94. The number of benzene rings is 1. The molecule has 134 valence electrons. The molecule has 1 aromatic rings. The number of aliphatic hydroxyl groups is 1. The molecule has 1 aromatic carbocycles. The number of rotatable bonds is 7. The third kappa shape index (κ3) is 5.42. The average molecular weight is 341 g/mol. The molecule has 1 aliphatic rings. The van der Waals surface area contributed by atoms with Crippen molar-refractivity contribution in [3.8, 4) is 0 Å². The minimum absolute atomic E-state index is 0.0741. The van der Waals surface area contributed by atoms with E-state index in [2.05, 4.69) is 17.0 Å². The summed E-state index contributed by atoms with van der Waals surface area (Å²) < 4.78 is 25.0. The monoisotopic (exact) mass is 341 g/mol. The summed E-state index contributed by atoms with van der Waals surface area (Å²) in [7, 11) is 0. The summed E-state index contributed by atoms with van der Waals surface area (Å²) in [5.41, 5.74) is 2.33. The third-order valence-corrected chi connectivity index (χ3v) is 4.17. The molecule has 0 radical (unpaired) electrons. The Hall–Kier alpha value is -1.73. The van der Waals surface area contributed by atoms with Crippen molar-refractivity contribution in [2.75, 3.05) is 57.3 Å². The quantitative estimate of drug-likeness (QED) is 0.810. The van der Waals surface area contributed by atoms with Gasteiger partial charge in [-0.25, -0.2) is 8.78 Å². The highest BCUT2D eigenvalue weighted by Crippen LogP contribution is 2.18. The van der Waals surface area contributed by atoms with Crippen molar-refractivity contribution in [1.29, 1.82) is 0 Å². The highest BCUT2D eigenvalue weighted by Gasteiger charge is 2.23. The maximum Gasteiger partial charge on any atom is 0.251 e. The number of amides is 1. The molecule has 0 atom stereocenters. The Kier molecular flexibility index (Phi) is 6.93. The Morgan fingerprint density at radius 3 is 2.58 bits per heavy atom. The Morgan fingerprint density at radius 2 is 2.00 bits per heavy atom. The van der Waals surface area contributed by atoms with Crippen molar-refractivity contribution < 1.29 is 18.7 Å². The van der Waals surface area contributed by atoms with Gasteiger partial charge in [0.1, 0.15) is 0 Å². The molecule has 1 fully saturated rings. The maximum atomic E-state index is 12.5. The van der Waals surface area contributed by atoms with E-state index in [0.717, 1.165) is 18.8 Å². The molecule has 7 heteroatoms. The highest BCUT2D eigenvalue weighted by molar-refractivity contribution is 5.78. The number of halogens is 2. The second kappa shape index (κ2) is 8.94. The molecule has 1 saturated heterocycles. The van der Waals surface area contributed by atoms with Gasteiger partial charge in [-0.3, -0.25) is 9.69 Å². The molecule has 1 N–H and O–H groups in total. The van der Waals surface area contributed by atoms with E-state index in [1.54, 1.807) is 4.90 Å². The largest absolute Gasteiger partial charge is 0.395 e. The van der Waals surface area contributed by atoms with Crippen molar-refractivity contribution >= 4 is 11.6 Å². The van der Waals surface area contributed by atoms with E-state index in [4.69, 9.17) is 5.11 Å². The van der Waals surface area contributed by atoms with E-state index in [1.807, 2.05) is 19.1 Å². The lowest BCUT2D eigenvalue weighted by molar-refractivity contribution is -0.133. The number of piperazine rings is 1. The summed E-state index contributed by atoms with van der Waals surface area (Å²) in [6.45, 7) is 3.93. The van der Waals surface area contributed by atoms with Crippen LogP contribution in [0.1, 0.15) is 5.56 Å². The first-order chi connectivity index (χ1) is 11.5. The topological polar surface area (TPSA) is 47.0 Å². The van der Waals surface area contributed by atoms with Crippen LogP contribution in [0.3, 0.4) is 0 Å². The molecule has 2 rings (SSSR count). The van der Waals surface area contributed by atoms with Gasteiger partial charge >= 0.3 is 0 Å². The van der Waals surface area contributed by atoms with E-state index in [9.17, 15) is 13.6 Å². The first kappa shape index (κ1) is 18.6. The second-order valence-corrected chi connectivity index (χ2v) is 6.06. The molecule has 0 aromatic heterocycles. The molecule has 1 aliphatic heterocycles. The van der Waals surface area contributed by atoms with Crippen LogP contribution in [0.15, 0.2) is 24.3 Å². The average Bonchev–Trinajstić information content (AvgIpc) is 2.54. The van der Waals surface area contributed by atoms with Crippen LogP contribution in [0.5, 0.6) is 0 Å². The fourth-order valence-electron chi connectivity index (χ4n) is 2.90. The van der Waals surface area contributed by atoms with E-state index < -0.39 is 13.0 Å². The normalized spacial score (nSPS) is 15.4. The van der Waals surface area contributed by atoms with Gasteiger partial charge in [0.15, 0.2) is 0 Å². The number of nitrogens with zero attached hydrogens (tertiary/aromatic N) is 3. The zero-order valence-electron chi connectivity index (χ0n) is 14.0. The Balaban J connectivity index is 1.85. The van der Waals surface area contributed by atoms with Gasteiger partial charge in [0, 0.05) is 38.4 Å². The number of hydrogen-bond donors (Lipinski definition) is 1. The minimum Gasteiger partial charge on any atom is -0.395 e. The van der Waals surface area contributed by atoms with Crippen molar-refractivity contribution in [3.63, 3.8) is 0 Å². The molecule has 0 aliphatic carbocycles. The number of alkyl halides is 2. The molecule has 0 unspecified atom stereocenters. The van der Waals surface area contributed by atoms with Gasteiger partial charge in [-0.05, 0) is 24.6 Å². The smallest absolute Gasteiger partial charge is 0.251 e. The predicted molar refractivity (Wildman–Crippen MR) is 89.5 cm³/mol. The van der Waals surface area contributed by atoms with Crippen molar-refractivity contribution in [2.45, 2.75) is 13.3 Å². The lowest BCUT2D eigenvalue weighted by Crippen LogP contribution is -2.51. The second-order valence-electron chi connectivity index (χ2n) is 6.06. The Bertz CT molecular complexity index is 534. The molecule has 0 saturated carbocycles. The van der Waals surface area contributed by atoms with Gasteiger partial charge in [0.05, 0.1) is 19.7 Å². The van der Waals surface area contributed by atoms with E-state index in [1.165, 1.54) is 10.5 Å². The lowest BCUT2D eigenvalue weighted by atomic mass is 10.2. The van der Waals surface area contributed by atoms with Crippen LogP contribution in [0.25, 0.3) is 0 Å². The fraction of sp³-hybridized carbons (Fsp3) is 0.588. The number of carbonyl (C=O) groups excluding carboxylic acids is 1. The first-order valence-corrected chi connectivity index (χ1v) is 8.20. The number of hydrogen-bond acceptors (Lipinski definition) is 4. The summed E-state index contributed by atoms with van der Waals surface area (Å²) in [6, 6.07) is 8.22.